The van der Waals surface area contributed by atoms with Gasteiger partial charge in [0.1, 0.15) is 15.8 Å². The number of amides is 1. The smallest absolute Gasteiger partial charge is 0.266 e. The fourth-order valence-electron chi connectivity index (χ4n) is 3.54. The Morgan fingerprint density at radius 3 is 2.67 bits per heavy atom. The number of nitrogens with zero attached hydrogens (tertiary/aromatic N) is 3. The minimum Gasteiger partial charge on any atom is -0.494 e. The van der Waals surface area contributed by atoms with Crippen LogP contribution in [0.15, 0.2) is 65.7 Å². The van der Waals surface area contributed by atoms with Crippen molar-refractivity contribution in [3.63, 3.8) is 0 Å². The van der Waals surface area contributed by atoms with Crippen LogP contribution in [0.2, 0.25) is 0 Å². The summed E-state index contributed by atoms with van der Waals surface area (Å²) in [6, 6.07) is 17.3. The van der Waals surface area contributed by atoms with Gasteiger partial charge >= 0.3 is 0 Å². The molecule has 0 spiro atoms. The lowest BCUT2D eigenvalue weighted by Crippen LogP contribution is -2.32. The number of carbonyl (C=O) groups excluding carboxylic acids is 1. The summed E-state index contributed by atoms with van der Waals surface area (Å²) in [5, 5.41) is 4.80. The second-order valence-electron chi connectivity index (χ2n) is 8.06. The maximum atomic E-state index is 13.0. The number of benzene rings is 2. The summed E-state index contributed by atoms with van der Waals surface area (Å²) in [6.45, 7) is 2.51. The molecule has 1 amide bonds. The van der Waals surface area contributed by atoms with Crippen LogP contribution in [-0.4, -0.2) is 56.8 Å². The fourth-order valence-corrected chi connectivity index (χ4v) is 5.25. The van der Waals surface area contributed by atoms with Crippen molar-refractivity contribution in [3.05, 3.63) is 71.3 Å². The van der Waals surface area contributed by atoms with Gasteiger partial charge in [0.05, 0.1) is 23.0 Å². The van der Waals surface area contributed by atoms with Crippen LogP contribution in [-0.2, 0) is 14.9 Å². The van der Waals surface area contributed by atoms with Crippen LogP contribution in [0.5, 0.6) is 5.75 Å². The number of ether oxygens (including phenoxy) is 1. The molecule has 8 nitrogen and oxygen atoms in total. The number of hydrogen-bond acceptors (Lipinski definition) is 7. The van der Waals surface area contributed by atoms with Gasteiger partial charge in [0.15, 0.2) is 0 Å². The van der Waals surface area contributed by atoms with Crippen LogP contribution in [0.25, 0.3) is 23.0 Å². The summed E-state index contributed by atoms with van der Waals surface area (Å²) in [4.78, 5) is 14.5. The zero-order valence-corrected chi connectivity index (χ0v) is 22.0. The van der Waals surface area contributed by atoms with Gasteiger partial charge in [-0.15, -0.1) is 0 Å². The number of para-hydroxylation sites is 1. The first-order valence-corrected chi connectivity index (χ1v) is 14.2. The standard InChI is InChI=1S/C25H25N3O5S3/c1-2-3-13-33-21-11-7-8-18(15-21)23-19(17-28(26-23)20-9-5-4-6-10-20)16-22-24(29)27(25(34)35-22)12-14-36(30,31)32/h4-11,15-17H,2-3,12-14H2,1H3,(H,30,31,32)/b22-16+. The molecule has 1 aliphatic heterocycles. The molecule has 0 atom stereocenters. The molecule has 1 saturated heterocycles. The molecule has 0 radical (unpaired) electrons. The highest BCUT2D eigenvalue weighted by molar-refractivity contribution is 8.26. The van der Waals surface area contributed by atoms with E-state index in [-0.39, 0.29) is 10.9 Å². The first kappa shape index (κ1) is 26.1. The fraction of sp³-hybridized carbons (Fsp3) is 0.240. The Kier molecular flexibility index (Phi) is 8.24. The first-order chi connectivity index (χ1) is 17.2. The Balaban J connectivity index is 1.71. The summed E-state index contributed by atoms with van der Waals surface area (Å²) in [7, 11) is -4.23. The summed E-state index contributed by atoms with van der Waals surface area (Å²) >= 11 is 6.37. The Bertz CT molecular complexity index is 1400. The second kappa shape index (κ2) is 11.4. The molecule has 0 unspecified atom stereocenters. The summed E-state index contributed by atoms with van der Waals surface area (Å²) in [5.41, 5.74) is 3.03. The molecule has 1 aromatic heterocycles. The highest BCUT2D eigenvalue weighted by atomic mass is 32.2. The SMILES string of the molecule is CCCCOc1cccc(-c2nn(-c3ccccc3)cc2/C=C2/SC(=S)N(CCS(=O)(=O)O)C2=O)c1. The van der Waals surface area contributed by atoms with Gasteiger partial charge in [-0.3, -0.25) is 14.2 Å². The van der Waals surface area contributed by atoms with Crippen LogP contribution in [0.1, 0.15) is 25.3 Å². The van der Waals surface area contributed by atoms with Gasteiger partial charge in [0, 0.05) is 23.9 Å². The number of unbranched alkanes of at least 4 members (excludes halogenated alkanes) is 1. The Hall–Kier alpha value is -2.99. The van der Waals surface area contributed by atoms with E-state index in [0.29, 0.717) is 22.8 Å². The van der Waals surface area contributed by atoms with Gasteiger partial charge in [0.25, 0.3) is 16.0 Å². The lowest BCUT2D eigenvalue weighted by molar-refractivity contribution is -0.121. The van der Waals surface area contributed by atoms with E-state index in [4.69, 9.17) is 26.6 Å². The number of carbonyl (C=O) groups is 1. The summed E-state index contributed by atoms with van der Waals surface area (Å²) in [6.07, 6.45) is 5.53. The van der Waals surface area contributed by atoms with E-state index >= 15 is 0 Å². The van der Waals surface area contributed by atoms with Crippen molar-refractivity contribution in [2.24, 2.45) is 0 Å². The predicted octanol–water partition coefficient (Wildman–Crippen LogP) is 4.81. The van der Waals surface area contributed by atoms with E-state index < -0.39 is 21.8 Å². The van der Waals surface area contributed by atoms with E-state index in [1.807, 2.05) is 60.8 Å². The molecule has 1 N–H and O–H groups in total. The van der Waals surface area contributed by atoms with E-state index in [1.165, 1.54) is 4.90 Å². The van der Waals surface area contributed by atoms with Crippen molar-refractivity contribution in [3.8, 4) is 22.7 Å². The average Bonchev–Trinajstić information content (AvgIpc) is 3.39. The van der Waals surface area contributed by atoms with Crippen molar-refractivity contribution in [1.29, 1.82) is 0 Å². The predicted molar refractivity (Wildman–Crippen MR) is 146 cm³/mol. The molecule has 1 aliphatic rings. The van der Waals surface area contributed by atoms with Crippen molar-refractivity contribution in [1.82, 2.24) is 14.7 Å². The number of aromatic nitrogens is 2. The molecular weight excluding hydrogens is 518 g/mol. The van der Waals surface area contributed by atoms with E-state index in [2.05, 4.69) is 6.92 Å². The largest absolute Gasteiger partial charge is 0.494 e. The van der Waals surface area contributed by atoms with Crippen molar-refractivity contribution >= 4 is 50.4 Å². The van der Waals surface area contributed by atoms with Gasteiger partial charge in [-0.05, 0) is 36.8 Å². The van der Waals surface area contributed by atoms with E-state index in [1.54, 1.807) is 10.8 Å². The molecule has 2 aromatic carbocycles. The quantitative estimate of drug-likeness (QED) is 0.168. The molecule has 11 heteroatoms. The van der Waals surface area contributed by atoms with Crippen molar-refractivity contribution in [2.45, 2.75) is 19.8 Å². The topological polar surface area (TPSA) is 102 Å². The number of hydrogen-bond donors (Lipinski definition) is 1. The number of rotatable bonds is 10. The Morgan fingerprint density at radius 2 is 1.94 bits per heavy atom. The Labute approximate surface area is 219 Å². The Morgan fingerprint density at radius 1 is 1.17 bits per heavy atom. The number of thioether (sulfide) groups is 1. The van der Waals surface area contributed by atoms with E-state index in [0.717, 1.165) is 41.6 Å². The molecule has 0 saturated carbocycles. The first-order valence-electron chi connectivity index (χ1n) is 11.3. The third-order valence-electron chi connectivity index (χ3n) is 5.37. The zero-order valence-electron chi connectivity index (χ0n) is 19.5. The van der Waals surface area contributed by atoms with Gasteiger partial charge in [0.2, 0.25) is 0 Å². The lowest BCUT2D eigenvalue weighted by atomic mass is 10.1. The average molecular weight is 544 g/mol. The third-order valence-corrected chi connectivity index (χ3v) is 7.45. The minimum absolute atomic E-state index is 0.214. The maximum absolute atomic E-state index is 13.0. The molecule has 4 rings (SSSR count). The lowest BCUT2D eigenvalue weighted by Gasteiger charge is -2.12. The van der Waals surface area contributed by atoms with Crippen molar-refractivity contribution < 1.29 is 22.5 Å². The molecule has 3 aromatic rings. The maximum Gasteiger partial charge on any atom is 0.266 e. The van der Waals surface area contributed by atoms with Crippen LogP contribution >= 0.6 is 24.0 Å². The van der Waals surface area contributed by atoms with Crippen LogP contribution in [0, 0.1) is 0 Å². The van der Waals surface area contributed by atoms with E-state index in [9.17, 15) is 13.2 Å². The van der Waals surface area contributed by atoms with Gasteiger partial charge in [-0.1, -0.05) is 67.7 Å². The van der Waals surface area contributed by atoms with Crippen LogP contribution in [0.4, 0.5) is 0 Å². The minimum atomic E-state index is -4.23. The molecule has 0 aliphatic carbocycles. The van der Waals surface area contributed by atoms with Crippen LogP contribution in [0.3, 0.4) is 0 Å². The molecule has 1 fully saturated rings. The van der Waals surface area contributed by atoms with Gasteiger partial charge < -0.3 is 4.74 Å². The molecule has 2 heterocycles. The molecule has 0 bridgehead atoms. The second-order valence-corrected chi connectivity index (χ2v) is 11.3. The van der Waals surface area contributed by atoms with Crippen LogP contribution < -0.4 is 4.74 Å². The number of thiocarbonyl (C=S) groups is 1. The normalized spacial score (nSPS) is 15.2. The monoisotopic (exact) mass is 543 g/mol. The zero-order chi connectivity index (χ0) is 25.7. The van der Waals surface area contributed by atoms with Gasteiger partial charge in [-0.25, -0.2) is 4.68 Å². The molecule has 36 heavy (non-hydrogen) atoms. The summed E-state index contributed by atoms with van der Waals surface area (Å²) < 4.78 is 39.2. The van der Waals surface area contributed by atoms with Crippen molar-refractivity contribution in [2.75, 3.05) is 18.9 Å². The molecular formula is C25H25N3O5S3. The van der Waals surface area contributed by atoms with Gasteiger partial charge in [-0.2, -0.15) is 13.5 Å². The third kappa shape index (κ3) is 6.41. The molecule has 188 valence electrons. The highest BCUT2D eigenvalue weighted by Crippen LogP contribution is 2.35. The summed E-state index contributed by atoms with van der Waals surface area (Å²) in [5.74, 6) is -0.268. The highest BCUT2D eigenvalue weighted by Gasteiger charge is 2.33.